The number of fused-ring (bicyclic) bond motifs is 1. The highest BCUT2D eigenvalue weighted by Gasteiger charge is 2.36. The highest BCUT2D eigenvalue weighted by molar-refractivity contribution is 4.87. The first kappa shape index (κ1) is 8.59. The second-order valence-corrected chi connectivity index (χ2v) is 5.20. The van der Waals surface area contributed by atoms with Crippen molar-refractivity contribution < 1.29 is 0 Å². The molecule has 0 N–H and O–H groups in total. The predicted molar refractivity (Wildman–Crippen MR) is 53.2 cm³/mol. The third-order valence-electron chi connectivity index (χ3n) is 4.34. The summed E-state index contributed by atoms with van der Waals surface area (Å²) < 4.78 is 0. The van der Waals surface area contributed by atoms with E-state index >= 15 is 0 Å². The zero-order valence-electron chi connectivity index (χ0n) is 8.44. The molecule has 2 fully saturated rings. The van der Waals surface area contributed by atoms with Crippen molar-refractivity contribution in [2.75, 3.05) is 0 Å². The maximum Gasteiger partial charge on any atom is -0.0298 e. The van der Waals surface area contributed by atoms with Crippen LogP contribution in [0.1, 0.15) is 64.7 Å². The zero-order chi connectivity index (χ0) is 8.44. The molecule has 12 heavy (non-hydrogen) atoms. The molecule has 0 aromatic heterocycles. The van der Waals surface area contributed by atoms with Gasteiger partial charge < -0.3 is 0 Å². The third kappa shape index (κ3) is 1.53. The molecule has 0 aromatic carbocycles. The van der Waals surface area contributed by atoms with Crippen LogP contribution in [0.2, 0.25) is 0 Å². The Morgan fingerprint density at radius 2 is 1.42 bits per heavy atom. The summed E-state index contributed by atoms with van der Waals surface area (Å²) >= 11 is 0. The summed E-state index contributed by atoms with van der Waals surface area (Å²) in [4.78, 5) is 0. The van der Waals surface area contributed by atoms with Crippen LogP contribution in [0.4, 0.5) is 0 Å². The first-order valence-electron chi connectivity index (χ1n) is 5.81. The standard InChI is InChI=1S/C12H22/c1-12-9-5-2-3-7-11(12)8-4-6-10-12/h11H,2-10H2,1H3. The van der Waals surface area contributed by atoms with Crippen molar-refractivity contribution >= 4 is 0 Å². The van der Waals surface area contributed by atoms with Crippen molar-refractivity contribution in [3.05, 3.63) is 0 Å². The Kier molecular flexibility index (Phi) is 2.43. The fourth-order valence-electron chi connectivity index (χ4n) is 3.39. The molecule has 2 aliphatic rings. The van der Waals surface area contributed by atoms with Crippen LogP contribution in [0.25, 0.3) is 0 Å². The van der Waals surface area contributed by atoms with E-state index in [1.807, 2.05) is 0 Å². The average Bonchev–Trinajstić information content (AvgIpc) is 2.25. The van der Waals surface area contributed by atoms with E-state index in [0.29, 0.717) is 0 Å². The van der Waals surface area contributed by atoms with Gasteiger partial charge in [0.15, 0.2) is 0 Å². The van der Waals surface area contributed by atoms with Crippen LogP contribution in [0.5, 0.6) is 0 Å². The number of hydrogen-bond donors (Lipinski definition) is 0. The van der Waals surface area contributed by atoms with Gasteiger partial charge in [-0.05, 0) is 37.0 Å². The van der Waals surface area contributed by atoms with Gasteiger partial charge in [-0.25, -0.2) is 0 Å². The number of hydrogen-bond acceptors (Lipinski definition) is 0. The van der Waals surface area contributed by atoms with E-state index in [2.05, 4.69) is 6.92 Å². The van der Waals surface area contributed by atoms with Crippen LogP contribution in [-0.4, -0.2) is 0 Å². The Hall–Kier alpha value is 0. The van der Waals surface area contributed by atoms with Gasteiger partial charge in [-0.3, -0.25) is 0 Å². The van der Waals surface area contributed by atoms with Crippen molar-refractivity contribution in [3.63, 3.8) is 0 Å². The summed E-state index contributed by atoms with van der Waals surface area (Å²) in [6.07, 6.45) is 13.7. The van der Waals surface area contributed by atoms with E-state index in [9.17, 15) is 0 Å². The first-order valence-corrected chi connectivity index (χ1v) is 5.81. The molecule has 2 rings (SSSR count). The number of rotatable bonds is 0. The molecule has 0 bridgehead atoms. The van der Waals surface area contributed by atoms with Gasteiger partial charge in [-0.2, -0.15) is 0 Å². The lowest BCUT2D eigenvalue weighted by Gasteiger charge is -2.40. The van der Waals surface area contributed by atoms with Crippen LogP contribution in [-0.2, 0) is 0 Å². The normalized spacial score (nSPS) is 43.2. The highest BCUT2D eigenvalue weighted by atomic mass is 14.4. The summed E-state index contributed by atoms with van der Waals surface area (Å²) in [5.74, 6) is 1.09. The topological polar surface area (TPSA) is 0 Å². The zero-order valence-corrected chi connectivity index (χ0v) is 8.44. The maximum atomic E-state index is 2.56. The van der Waals surface area contributed by atoms with Gasteiger partial charge in [0, 0.05) is 0 Å². The molecule has 70 valence electrons. The fourth-order valence-corrected chi connectivity index (χ4v) is 3.39. The molecule has 0 aliphatic heterocycles. The maximum absolute atomic E-state index is 2.56. The van der Waals surface area contributed by atoms with Gasteiger partial charge in [-0.1, -0.05) is 39.0 Å². The molecule has 0 heteroatoms. The Labute approximate surface area is 76.7 Å². The van der Waals surface area contributed by atoms with Gasteiger partial charge in [-0.15, -0.1) is 0 Å². The largest absolute Gasteiger partial charge is 0.0594 e. The van der Waals surface area contributed by atoms with E-state index in [1.54, 1.807) is 0 Å². The van der Waals surface area contributed by atoms with Crippen LogP contribution in [0.3, 0.4) is 0 Å². The van der Waals surface area contributed by atoms with Gasteiger partial charge in [0.2, 0.25) is 0 Å². The third-order valence-corrected chi connectivity index (χ3v) is 4.34. The molecule has 2 atom stereocenters. The summed E-state index contributed by atoms with van der Waals surface area (Å²) in [5.41, 5.74) is 0.759. The minimum atomic E-state index is 0.759. The minimum absolute atomic E-state index is 0.759. The minimum Gasteiger partial charge on any atom is -0.0594 e. The average molecular weight is 166 g/mol. The Morgan fingerprint density at radius 3 is 2.17 bits per heavy atom. The lowest BCUT2D eigenvalue weighted by Crippen LogP contribution is -2.29. The molecular formula is C12H22. The molecule has 2 unspecified atom stereocenters. The summed E-state index contributed by atoms with van der Waals surface area (Å²) in [6.45, 7) is 2.56. The van der Waals surface area contributed by atoms with Crippen LogP contribution < -0.4 is 0 Å². The molecule has 0 saturated heterocycles. The first-order chi connectivity index (χ1) is 5.81. The predicted octanol–water partition coefficient (Wildman–Crippen LogP) is 4.15. The Balaban J connectivity index is 2.07. The van der Waals surface area contributed by atoms with Crippen molar-refractivity contribution in [1.82, 2.24) is 0 Å². The van der Waals surface area contributed by atoms with Crippen LogP contribution in [0.15, 0.2) is 0 Å². The monoisotopic (exact) mass is 166 g/mol. The summed E-state index contributed by atoms with van der Waals surface area (Å²) in [7, 11) is 0. The summed E-state index contributed by atoms with van der Waals surface area (Å²) in [5, 5.41) is 0. The van der Waals surface area contributed by atoms with E-state index in [1.165, 1.54) is 57.8 Å². The van der Waals surface area contributed by atoms with Crippen molar-refractivity contribution in [1.29, 1.82) is 0 Å². The summed E-state index contributed by atoms with van der Waals surface area (Å²) in [6, 6.07) is 0. The molecule has 0 heterocycles. The van der Waals surface area contributed by atoms with E-state index in [4.69, 9.17) is 0 Å². The van der Waals surface area contributed by atoms with E-state index < -0.39 is 0 Å². The van der Waals surface area contributed by atoms with Crippen molar-refractivity contribution in [3.8, 4) is 0 Å². The van der Waals surface area contributed by atoms with Crippen LogP contribution >= 0.6 is 0 Å². The van der Waals surface area contributed by atoms with Gasteiger partial charge in [0.05, 0.1) is 0 Å². The quantitative estimate of drug-likeness (QED) is 0.507. The molecule has 2 saturated carbocycles. The van der Waals surface area contributed by atoms with Gasteiger partial charge in [0.25, 0.3) is 0 Å². The second-order valence-electron chi connectivity index (χ2n) is 5.20. The van der Waals surface area contributed by atoms with Gasteiger partial charge >= 0.3 is 0 Å². The van der Waals surface area contributed by atoms with E-state index in [0.717, 1.165) is 11.3 Å². The highest BCUT2D eigenvalue weighted by Crippen LogP contribution is 2.48. The van der Waals surface area contributed by atoms with E-state index in [-0.39, 0.29) is 0 Å². The molecule has 0 radical (unpaired) electrons. The smallest absolute Gasteiger partial charge is 0.0298 e. The SMILES string of the molecule is CC12CCCCCC1CCCC2. The van der Waals surface area contributed by atoms with Gasteiger partial charge in [0.1, 0.15) is 0 Å². The van der Waals surface area contributed by atoms with Crippen molar-refractivity contribution in [2.24, 2.45) is 11.3 Å². The lowest BCUT2D eigenvalue weighted by atomic mass is 9.65. The molecular weight excluding hydrogens is 144 g/mol. The Morgan fingerprint density at radius 1 is 0.833 bits per heavy atom. The molecule has 0 nitrogen and oxygen atoms in total. The molecule has 0 amide bonds. The molecule has 0 spiro atoms. The Bertz CT molecular complexity index is 150. The van der Waals surface area contributed by atoms with Crippen molar-refractivity contribution in [2.45, 2.75) is 64.7 Å². The molecule has 0 aromatic rings. The lowest BCUT2D eigenvalue weighted by molar-refractivity contribution is 0.106. The second kappa shape index (κ2) is 3.40. The molecule has 2 aliphatic carbocycles. The fraction of sp³-hybridized carbons (Fsp3) is 1.00. The van der Waals surface area contributed by atoms with Crippen LogP contribution in [0, 0.1) is 11.3 Å².